The lowest BCUT2D eigenvalue weighted by molar-refractivity contribution is -0.143. The molecule has 1 heterocycles. The lowest BCUT2D eigenvalue weighted by Crippen LogP contribution is -2.40. The minimum atomic E-state index is -1.23. The first-order valence-corrected chi connectivity index (χ1v) is 4.99. The fourth-order valence-electron chi connectivity index (χ4n) is 1.21. The Morgan fingerprint density at radius 1 is 1.39 bits per heavy atom. The van der Waals surface area contributed by atoms with Crippen molar-refractivity contribution in [3.05, 3.63) is 30.2 Å². The van der Waals surface area contributed by atoms with Crippen LogP contribution in [0.15, 0.2) is 28.9 Å². The van der Waals surface area contributed by atoms with Crippen LogP contribution in [-0.2, 0) is 14.4 Å². The Hall–Kier alpha value is -2.57. The second-order valence-electron chi connectivity index (χ2n) is 3.40. The molecule has 7 nitrogen and oxygen atoms in total. The molecule has 0 aromatic carbocycles. The molecule has 0 spiro atoms. The number of hydrogen-bond donors (Lipinski definition) is 2. The van der Waals surface area contributed by atoms with E-state index in [4.69, 9.17) is 15.3 Å². The predicted octanol–water partition coefficient (Wildman–Crippen LogP) is -0.309. The zero-order valence-corrected chi connectivity index (χ0v) is 9.41. The molecule has 0 unspecified atom stereocenters. The number of nitrogens with two attached hydrogens (primary N) is 1. The summed E-state index contributed by atoms with van der Waals surface area (Å²) in [6.07, 6.45) is 3.92. The molecule has 0 radical (unpaired) electrons. The molecular weight excluding hydrogens is 240 g/mol. The van der Waals surface area contributed by atoms with E-state index in [-0.39, 0.29) is 0 Å². The first-order valence-electron chi connectivity index (χ1n) is 4.99. The van der Waals surface area contributed by atoms with Crippen LogP contribution in [0.25, 0.3) is 6.08 Å². The topological polar surface area (TPSA) is 114 Å². The molecule has 96 valence electrons. The van der Waals surface area contributed by atoms with E-state index in [2.05, 4.69) is 0 Å². The summed E-state index contributed by atoms with van der Waals surface area (Å²) in [5.41, 5.74) is 4.93. The highest BCUT2D eigenvalue weighted by Gasteiger charge is 2.16. The molecule has 1 aromatic rings. The third kappa shape index (κ3) is 4.52. The van der Waals surface area contributed by atoms with Crippen molar-refractivity contribution in [2.75, 3.05) is 13.1 Å². The molecule has 0 saturated heterocycles. The summed E-state index contributed by atoms with van der Waals surface area (Å²) < 4.78 is 4.96. The first kappa shape index (κ1) is 13.5. The van der Waals surface area contributed by atoms with E-state index in [0.717, 1.165) is 11.0 Å². The molecule has 0 aliphatic rings. The zero-order valence-electron chi connectivity index (χ0n) is 9.41. The fourth-order valence-corrected chi connectivity index (χ4v) is 1.21. The highest BCUT2D eigenvalue weighted by Crippen LogP contribution is 2.03. The molecule has 0 atom stereocenters. The van der Waals surface area contributed by atoms with E-state index < -0.39 is 30.9 Å². The summed E-state index contributed by atoms with van der Waals surface area (Å²) in [4.78, 5) is 33.7. The summed E-state index contributed by atoms with van der Waals surface area (Å²) in [5, 5.41) is 8.61. The van der Waals surface area contributed by atoms with Gasteiger partial charge >= 0.3 is 5.97 Å². The Labute approximate surface area is 102 Å². The first-order chi connectivity index (χ1) is 8.49. The normalized spacial score (nSPS) is 10.4. The van der Waals surface area contributed by atoms with Gasteiger partial charge in [-0.15, -0.1) is 0 Å². The van der Waals surface area contributed by atoms with Gasteiger partial charge in [0.2, 0.25) is 11.8 Å². The lowest BCUT2D eigenvalue weighted by atomic mass is 10.3. The highest BCUT2D eigenvalue weighted by molar-refractivity contribution is 5.95. The summed E-state index contributed by atoms with van der Waals surface area (Å²) in [6, 6.07) is 3.27. The third-order valence-electron chi connectivity index (χ3n) is 1.92. The second kappa shape index (κ2) is 6.24. The quantitative estimate of drug-likeness (QED) is 0.674. The molecule has 0 aliphatic heterocycles. The number of carbonyl (C=O) groups is 3. The maximum Gasteiger partial charge on any atom is 0.323 e. The van der Waals surface area contributed by atoms with E-state index in [1.807, 2.05) is 0 Å². The van der Waals surface area contributed by atoms with E-state index in [1.54, 1.807) is 12.1 Å². The number of carbonyl (C=O) groups excluding carboxylic acids is 2. The van der Waals surface area contributed by atoms with Crippen LogP contribution in [0.3, 0.4) is 0 Å². The van der Waals surface area contributed by atoms with Crippen molar-refractivity contribution >= 4 is 23.9 Å². The van der Waals surface area contributed by atoms with Crippen molar-refractivity contribution in [3.8, 4) is 0 Å². The number of furan rings is 1. The summed E-state index contributed by atoms with van der Waals surface area (Å²) in [6.45, 7) is -1.04. The van der Waals surface area contributed by atoms with E-state index in [1.165, 1.54) is 12.3 Å². The molecule has 0 fully saturated rings. The molecule has 1 aromatic heterocycles. The number of carboxylic acids is 1. The molecule has 3 N–H and O–H groups in total. The summed E-state index contributed by atoms with van der Waals surface area (Å²) in [7, 11) is 0. The number of nitrogens with zero attached hydrogens (tertiary/aromatic N) is 1. The molecule has 1 rings (SSSR count). The van der Waals surface area contributed by atoms with Crippen molar-refractivity contribution in [3.63, 3.8) is 0 Å². The molecule has 0 saturated carbocycles. The Kier molecular flexibility index (Phi) is 4.67. The number of amides is 2. The Bertz CT molecular complexity index is 448. The van der Waals surface area contributed by atoms with Crippen molar-refractivity contribution in [2.24, 2.45) is 5.73 Å². The molecule has 18 heavy (non-hydrogen) atoms. The van der Waals surface area contributed by atoms with Crippen LogP contribution in [0.1, 0.15) is 5.76 Å². The van der Waals surface area contributed by atoms with Gasteiger partial charge in [0.05, 0.1) is 6.26 Å². The maximum absolute atomic E-state index is 11.6. The average molecular weight is 252 g/mol. The predicted molar refractivity (Wildman–Crippen MR) is 61.2 cm³/mol. The van der Waals surface area contributed by atoms with Crippen molar-refractivity contribution in [1.82, 2.24) is 4.90 Å². The van der Waals surface area contributed by atoms with Crippen molar-refractivity contribution in [2.45, 2.75) is 0 Å². The molecule has 0 bridgehead atoms. The van der Waals surface area contributed by atoms with Gasteiger partial charge in [0, 0.05) is 6.08 Å². The molecule has 2 amide bonds. The van der Waals surface area contributed by atoms with Gasteiger partial charge in [0.15, 0.2) is 0 Å². The van der Waals surface area contributed by atoms with Gasteiger partial charge in [-0.05, 0) is 18.2 Å². The number of aliphatic carboxylic acids is 1. The Morgan fingerprint density at radius 2 is 2.11 bits per heavy atom. The van der Waals surface area contributed by atoms with Gasteiger partial charge in [-0.25, -0.2) is 0 Å². The SMILES string of the molecule is NC(=O)CN(CC(=O)O)C(=O)/C=C/c1ccco1. The summed E-state index contributed by atoms with van der Waals surface area (Å²) >= 11 is 0. The zero-order chi connectivity index (χ0) is 13.5. The largest absolute Gasteiger partial charge is 0.480 e. The van der Waals surface area contributed by atoms with Gasteiger partial charge in [0.25, 0.3) is 0 Å². The smallest absolute Gasteiger partial charge is 0.323 e. The van der Waals surface area contributed by atoms with Crippen LogP contribution in [-0.4, -0.2) is 40.9 Å². The van der Waals surface area contributed by atoms with Crippen LogP contribution >= 0.6 is 0 Å². The number of carboxylic acid groups (broad SMARTS) is 1. The van der Waals surface area contributed by atoms with Crippen LogP contribution in [0.5, 0.6) is 0 Å². The summed E-state index contributed by atoms with van der Waals surface area (Å²) in [5.74, 6) is -2.20. The van der Waals surface area contributed by atoms with Gasteiger partial charge in [-0.1, -0.05) is 0 Å². The average Bonchev–Trinajstić information content (AvgIpc) is 2.76. The van der Waals surface area contributed by atoms with Gasteiger partial charge < -0.3 is 20.2 Å². The minimum absolute atomic E-state index is 0.442. The molecule has 0 aliphatic carbocycles. The maximum atomic E-state index is 11.6. The van der Waals surface area contributed by atoms with E-state index >= 15 is 0 Å². The number of primary amides is 1. The molecular formula is C11H12N2O5. The fraction of sp³-hybridized carbons (Fsp3) is 0.182. The van der Waals surface area contributed by atoms with Gasteiger partial charge in [-0.2, -0.15) is 0 Å². The Morgan fingerprint density at radius 3 is 2.61 bits per heavy atom. The van der Waals surface area contributed by atoms with Gasteiger partial charge in [0.1, 0.15) is 18.8 Å². The third-order valence-corrected chi connectivity index (χ3v) is 1.92. The molecule has 7 heteroatoms. The monoisotopic (exact) mass is 252 g/mol. The van der Waals surface area contributed by atoms with E-state index in [0.29, 0.717) is 5.76 Å². The second-order valence-corrected chi connectivity index (χ2v) is 3.40. The Balaban J connectivity index is 2.69. The van der Waals surface area contributed by atoms with Crippen LogP contribution in [0.2, 0.25) is 0 Å². The van der Waals surface area contributed by atoms with Crippen LogP contribution in [0.4, 0.5) is 0 Å². The lowest BCUT2D eigenvalue weighted by Gasteiger charge is -2.16. The standard InChI is InChI=1S/C11H12N2O5/c12-9(14)6-13(7-11(16)17)10(15)4-3-8-2-1-5-18-8/h1-5H,6-7H2,(H2,12,14)(H,16,17)/b4-3+. The number of rotatable bonds is 6. The highest BCUT2D eigenvalue weighted by atomic mass is 16.4. The van der Waals surface area contributed by atoms with Crippen molar-refractivity contribution in [1.29, 1.82) is 0 Å². The van der Waals surface area contributed by atoms with Gasteiger partial charge in [-0.3, -0.25) is 14.4 Å². The van der Waals surface area contributed by atoms with Crippen molar-refractivity contribution < 1.29 is 23.9 Å². The number of hydrogen-bond acceptors (Lipinski definition) is 4. The van der Waals surface area contributed by atoms with Crippen LogP contribution < -0.4 is 5.73 Å². The van der Waals surface area contributed by atoms with E-state index in [9.17, 15) is 14.4 Å². The van der Waals surface area contributed by atoms with Crippen LogP contribution in [0, 0.1) is 0 Å². The minimum Gasteiger partial charge on any atom is -0.480 e.